The van der Waals surface area contributed by atoms with Crippen molar-refractivity contribution in [2.45, 2.75) is 25.9 Å². The lowest BCUT2D eigenvalue weighted by Gasteiger charge is -2.19. The molecule has 3 aromatic carbocycles. The summed E-state index contributed by atoms with van der Waals surface area (Å²) in [7, 11) is 0. The number of halogens is 4. The Morgan fingerprint density at radius 3 is 2.41 bits per heavy atom. The monoisotopic (exact) mass is 374 g/mol. The molecular weight excluding hydrogens is 356 g/mol. The van der Waals surface area contributed by atoms with Crippen LogP contribution in [0.3, 0.4) is 0 Å². The van der Waals surface area contributed by atoms with Gasteiger partial charge in [-0.05, 0) is 67.1 Å². The molecule has 3 rings (SSSR count). The number of aryl methyl sites for hydroxylation is 1. The maximum Gasteiger partial charge on any atom is 0.426 e. The Hall–Kier alpha value is -2.82. The van der Waals surface area contributed by atoms with Gasteiger partial charge in [-0.15, -0.1) is 0 Å². The molecule has 1 nitrogen and oxygen atoms in total. The van der Waals surface area contributed by atoms with Crippen LogP contribution < -0.4 is 4.74 Å². The molecule has 0 aliphatic carbocycles. The third-order valence-corrected chi connectivity index (χ3v) is 4.25. The maximum atomic E-state index is 14.5. The Labute approximate surface area is 154 Å². The second-order valence-corrected chi connectivity index (χ2v) is 6.17. The number of hydrogen-bond acceptors (Lipinski definition) is 1. The van der Waals surface area contributed by atoms with Crippen molar-refractivity contribution in [2.24, 2.45) is 0 Å². The number of ether oxygens (including phenoxy) is 1. The van der Waals surface area contributed by atoms with Crippen LogP contribution in [-0.2, 0) is 12.5 Å². The topological polar surface area (TPSA) is 9.23 Å². The SMILES string of the molecule is C/C=C/CCc1ccc(C(F)(F)Oc2ccc3c(F)c(F)ccc3c2)cc1. The predicted octanol–water partition coefficient (Wildman–Crippen LogP) is 6.76. The van der Waals surface area contributed by atoms with E-state index >= 15 is 0 Å². The highest BCUT2D eigenvalue weighted by Gasteiger charge is 2.34. The van der Waals surface area contributed by atoms with E-state index in [0.717, 1.165) is 24.5 Å². The van der Waals surface area contributed by atoms with E-state index in [1.807, 2.05) is 19.1 Å². The minimum Gasteiger partial charge on any atom is -0.429 e. The standard InChI is InChI=1S/C22H18F4O/c1-2-3-4-5-15-6-9-17(10-7-15)22(25,26)27-18-11-12-19-16(14-18)8-13-20(23)21(19)24/h2-3,6-14H,4-5H2,1H3/b3-2+. The zero-order valence-corrected chi connectivity index (χ0v) is 14.7. The highest BCUT2D eigenvalue weighted by molar-refractivity contribution is 5.84. The molecular formula is C22H18F4O. The van der Waals surface area contributed by atoms with Gasteiger partial charge in [0.2, 0.25) is 0 Å². The minimum absolute atomic E-state index is 0.0103. The number of alkyl halides is 2. The molecule has 5 heteroatoms. The molecule has 0 aromatic heterocycles. The molecule has 0 fully saturated rings. The van der Waals surface area contributed by atoms with Crippen LogP contribution in [-0.4, -0.2) is 0 Å². The number of rotatable bonds is 6. The van der Waals surface area contributed by atoms with Crippen molar-refractivity contribution in [3.8, 4) is 5.75 Å². The van der Waals surface area contributed by atoms with E-state index in [0.29, 0.717) is 0 Å². The smallest absolute Gasteiger partial charge is 0.426 e. The van der Waals surface area contributed by atoms with Gasteiger partial charge in [0.25, 0.3) is 0 Å². The molecule has 0 saturated heterocycles. The largest absolute Gasteiger partial charge is 0.429 e. The maximum absolute atomic E-state index is 14.5. The van der Waals surface area contributed by atoms with Crippen LogP contribution in [0.15, 0.2) is 66.7 Å². The van der Waals surface area contributed by atoms with Crippen LogP contribution in [0.5, 0.6) is 5.75 Å². The third kappa shape index (κ3) is 4.30. The number of benzene rings is 3. The van der Waals surface area contributed by atoms with Crippen LogP contribution >= 0.6 is 0 Å². The molecule has 3 aromatic rings. The van der Waals surface area contributed by atoms with E-state index in [-0.39, 0.29) is 22.1 Å². The van der Waals surface area contributed by atoms with Crippen molar-refractivity contribution < 1.29 is 22.3 Å². The quantitative estimate of drug-likeness (QED) is 0.342. The van der Waals surface area contributed by atoms with E-state index in [9.17, 15) is 17.6 Å². The number of hydrogen-bond donors (Lipinski definition) is 0. The first-order valence-electron chi connectivity index (χ1n) is 8.56. The number of allylic oxidation sites excluding steroid dienone is 2. The van der Waals surface area contributed by atoms with Gasteiger partial charge in [-0.1, -0.05) is 30.4 Å². The van der Waals surface area contributed by atoms with Crippen molar-refractivity contribution in [3.05, 3.63) is 89.5 Å². The Morgan fingerprint density at radius 2 is 1.70 bits per heavy atom. The van der Waals surface area contributed by atoms with Crippen molar-refractivity contribution in [3.63, 3.8) is 0 Å². The molecule has 0 atom stereocenters. The average Bonchev–Trinajstić information content (AvgIpc) is 2.65. The molecule has 0 heterocycles. The lowest BCUT2D eigenvalue weighted by atomic mass is 10.1. The molecule has 0 aliphatic rings. The van der Waals surface area contributed by atoms with Crippen LogP contribution in [0.25, 0.3) is 10.8 Å². The fourth-order valence-corrected chi connectivity index (χ4v) is 2.80. The summed E-state index contributed by atoms with van der Waals surface area (Å²) in [5.41, 5.74) is 0.679. The first kappa shape index (κ1) is 19.0. The first-order chi connectivity index (χ1) is 12.9. The molecule has 0 spiro atoms. The van der Waals surface area contributed by atoms with Crippen molar-refractivity contribution in [2.75, 3.05) is 0 Å². The van der Waals surface area contributed by atoms with Crippen LogP contribution in [0.1, 0.15) is 24.5 Å². The van der Waals surface area contributed by atoms with Crippen LogP contribution in [0, 0.1) is 11.6 Å². The van der Waals surface area contributed by atoms with E-state index in [2.05, 4.69) is 0 Å². The molecule has 140 valence electrons. The normalized spacial score (nSPS) is 12.0. The predicted molar refractivity (Wildman–Crippen MR) is 98.0 cm³/mol. The van der Waals surface area contributed by atoms with Gasteiger partial charge in [0.05, 0.1) is 5.56 Å². The van der Waals surface area contributed by atoms with Gasteiger partial charge in [0.15, 0.2) is 11.6 Å². The van der Waals surface area contributed by atoms with Gasteiger partial charge in [-0.3, -0.25) is 0 Å². The van der Waals surface area contributed by atoms with Gasteiger partial charge >= 0.3 is 6.11 Å². The van der Waals surface area contributed by atoms with Gasteiger partial charge in [-0.25, -0.2) is 8.78 Å². The summed E-state index contributed by atoms with van der Waals surface area (Å²) in [6.07, 6.45) is 2.02. The Kier molecular flexibility index (Phi) is 5.49. The Balaban J connectivity index is 1.79. The summed E-state index contributed by atoms with van der Waals surface area (Å²) in [6.45, 7) is 1.93. The van der Waals surface area contributed by atoms with Gasteiger partial charge in [-0.2, -0.15) is 8.78 Å². The fourth-order valence-electron chi connectivity index (χ4n) is 2.80. The van der Waals surface area contributed by atoms with Gasteiger partial charge in [0.1, 0.15) is 5.75 Å². The number of fused-ring (bicyclic) bond motifs is 1. The van der Waals surface area contributed by atoms with Crippen molar-refractivity contribution in [1.29, 1.82) is 0 Å². The molecule has 27 heavy (non-hydrogen) atoms. The van der Waals surface area contributed by atoms with Crippen molar-refractivity contribution >= 4 is 10.8 Å². The molecule has 0 bridgehead atoms. The van der Waals surface area contributed by atoms with Gasteiger partial charge in [0, 0.05) is 5.39 Å². The second kappa shape index (κ2) is 7.82. The summed E-state index contributed by atoms with van der Waals surface area (Å²) >= 11 is 0. The molecule has 0 N–H and O–H groups in total. The van der Waals surface area contributed by atoms with Crippen molar-refractivity contribution in [1.82, 2.24) is 0 Å². The Bertz CT molecular complexity index is 962. The van der Waals surface area contributed by atoms with E-state index in [1.165, 1.54) is 36.4 Å². The minimum atomic E-state index is -3.55. The van der Waals surface area contributed by atoms with Crippen LogP contribution in [0.4, 0.5) is 17.6 Å². The first-order valence-corrected chi connectivity index (χ1v) is 8.56. The molecule has 0 unspecified atom stereocenters. The van der Waals surface area contributed by atoms with E-state index < -0.39 is 17.7 Å². The zero-order valence-electron chi connectivity index (χ0n) is 14.7. The molecule has 0 radical (unpaired) electrons. The van der Waals surface area contributed by atoms with E-state index in [1.54, 1.807) is 12.1 Å². The fraction of sp³-hybridized carbons (Fsp3) is 0.182. The summed E-state index contributed by atoms with van der Waals surface area (Å²) < 4.78 is 60.7. The molecule has 0 saturated carbocycles. The van der Waals surface area contributed by atoms with Gasteiger partial charge < -0.3 is 4.74 Å². The highest BCUT2D eigenvalue weighted by Crippen LogP contribution is 2.33. The highest BCUT2D eigenvalue weighted by atomic mass is 19.3. The van der Waals surface area contributed by atoms with Crippen LogP contribution in [0.2, 0.25) is 0 Å². The van der Waals surface area contributed by atoms with E-state index in [4.69, 9.17) is 4.74 Å². The summed E-state index contributed by atoms with van der Waals surface area (Å²) in [5, 5.41) is 0.290. The Morgan fingerprint density at radius 1 is 0.963 bits per heavy atom. The third-order valence-electron chi connectivity index (χ3n) is 4.25. The average molecular weight is 374 g/mol. The summed E-state index contributed by atoms with van der Waals surface area (Å²) in [5.74, 6) is -2.13. The summed E-state index contributed by atoms with van der Waals surface area (Å²) in [6, 6.07) is 11.9. The summed E-state index contributed by atoms with van der Waals surface area (Å²) in [4.78, 5) is 0. The lowest BCUT2D eigenvalue weighted by Crippen LogP contribution is -2.21. The second-order valence-electron chi connectivity index (χ2n) is 6.17. The molecule has 0 aliphatic heterocycles. The molecule has 0 amide bonds. The lowest BCUT2D eigenvalue weighted by molar-refractivity contribution is -0.185. The zero-order chi connectivity index (χ0) is 19.4.